The Morgan fingerprint density at radius 3 is 2.40 bits per heavy atom. The van der Waals surface area contributed by atoms with Crippen LogP contribution in [0.1, 0.15) is 44.5 Å². The van der Waals surface area contributed by atoms with Crippen molar-refractivity contribution in [3.8, 4) is 0 Å². The molecule has 0 spiro atoms. The Hall–Kier alpha value is -3.00. The number of nitrogens with zero attached hydrogens (tertiary/aromatic N) is 2. The van der Waals surface area contributed by atoms with E-state index in [2.05, 4.69) is 9.82 Å². The predicted molar refractivity (Wildman–Crippen MR) is 89.5 cm³/mol. The molecular formula is C16H15ClN2O6. The highest BCUT2D eigenvalue weighted by molar-refractivity contribution is 6.06. The van der Waals surface area contributed by atoms with Gasteiger partial charge < -0.3 is 9.94 Å². The van der Waals surface area contributed by atoms with Gasteiger partial charge in [-0.3, -0.25) is 9.78 Å². The SMILES string of the molecule is CC(=O)c1c(Cc2ccccn2)ccc(CO[N+](=O)[O-])c1C(=O)O.Cl. The Kier molecular flexibility index (Phi) is 7.01. The van der Waals surface area contributed by atoms with Gasteiger partial charge in [0.2, 0.25) is 0 Å². The molecule has 2 rings (SSSR count). The molecule has 0 aliphatic rings. The van der Waals surface area contributed by atoms with Crippen LogP contribution in [0, 0.1) is 10.1 Å². The van der Waals surface area contributed by atoms with Crippen molar-refractivity contribution >= 4 is 24.2 Å². The van der Waals surface area contributed by atoms with Crippen LogP contribution in [0.3, 0.4) is 0 Å². The highest BCUT2D eigenvalue weighted by Crippen LogP contribution is 2.23. The zero-order valence-corrected chi connectivity index (χ0v) is 14.0. The quantitative estimate of drug-likeness (QED) is 0.454. The van der Waals surface area contributed by atoms with Gasteiger partial charge in [0.15, 0.2) is 5.78 Å². The molecule has 1 aromatic carbocycles. The van der Waals surface area contributed by atoms with Crippen LogP contribution in [0.2, 0.25) is 0 Å². The molecule has 9 heteroatoms. The number of carboxylic acid groups (broad SMARTS) is 1. The summed E-state index contributed by atoms with van der Waals surface area (Å²) in [4.78, 5) is 42.4. The lowest BCUT2D eigenvalue weighted by molar-refractivity contribution is -0.763. The number of aromatic nitrogens is 1. The van der Waals surface area contributed by atoms with Crippen molar-refractivity contribution in [3.05, 3.63) is 74.6 Å². The van der Waals surface area contributed by atoms with Crippen LogP contribution < -0.4 is 0 Å². The lowest BCUT2D eigenvalue weighted by atomic mass is 9.91. The molecule has 0 saturated carbocycles. The van der Waals surface area contributed by atoms with Crippen molar-refractivity contribution in [1.82, 2.24) is 4.98 Å². The van der Waals surface area contributed by atoms with Crippen LogP contribution in [-0.2, 0) is 17.9 Å². The maximum absolute atomic E-state index is 12.0. The molecule has 0 amide bonds. The van der Waals surface area contributed by atoms with Gasteiger partial charge in [-0.1, -0.05) is 18.2 Å². The van der Waals surface area contributed by atoms with E-state index in [9.17, 15) is 24.8 Å². The minimum atomic E-state index is -1.34. The lowest BCUT2D eigenvalue weighted by Gasteiger charge is -2.14. The van der Waals surface area contributed by atoms with Crippen LogP contribution in [0.25, 0.3) is 0 Å². The second kappa shape index (κ2) is 8.74. The summed E-state index contributed by atoms with van der Waals surface area (Å²) in [5.74, 6) is -1.79. The molecule has 1 aromatic heterocycles. The fourth-order valence-corrected chi connectivity index (χ4v) is 2.42. The highest BCUT2D eigenvalue weighted by Gasteiger charge is 2.22. The molecule has 0 atom stereocenters. The van der Waals surface area contributed by atoms with E-state index in [0.717, 1.165) is 0 Å². The number of hydrogen-bond acceptors (Lipinski definition) is 6. The van der Waals surface area contributed by atoms with Gasteiger partial charge in [0.1, 0.15) is 6.61 Å². The number of benzene rings is 1. The second-order valence-corrected chi connectivity index (χ2v) is 4.99. The van der Waals surface area contributed by atoms with Crippen LogP contribution in [0.5, 0.6) is 0 Å². The van der Waals surface area contributed by atoms with Gasteiger partial charge >= 0.3 is 5.97 Å². The van der Waals surface area contributed by atoms with Gasteiger partial charge in [0, 0.05) is 23.9 Å². The summed E-state index contributed by atoms with van der Waals surface area (Å²) >= 11 is 0. The molecule has 0 fully saturated rings. The first-order chi connectivity index (χ1) is 11.4. The Morgan fingerprint density at radius 2 is 1.88 bits per heavy atom. The molecule has 0 aliphatic carbocycles. The van der Waals surface area contributed by atoms with Crippen molar-refractivity contribution in [2.24, 2.45) is 0 Å². The maximum Gasteiger partial charge on any atom is 0.336 e. The van der Waals surface area contributed by atoms with Crippen LogP contribution in [-0.4, -0.2) is 26.9 Å². The van der Waals surface area contributed by atoms with Crippen molar-refractivity contribution in [3.63, 3.8) is 0 Å². The third-order valence-electron chi connectivity index (χ3n) is 3.37. The van der Waals surface area contributed by atoms with E-state index in [-0.39, 0.29) is 35.5 Å². The standard InChI is InChI=1S/C16H14N2O6.ClH/c1-10(19)14-11(8-13-4-2-3-7-17-13)5-6-12(9-24-18(22)23)15(14)16(20)21;/h2-7H,8-9H2,1H3,(H,20,21);1H. The number of aromatic carboxylic acids is 1. The van der Waals surface area contributed by atoms with E-state index in [1.165, 1.54) is 13.0 Å². The molecule has 2 aromatic rings. The molecule has 0 unspecified atom stereocenters. The zero-order valence-electron chi connectivity index (χ0n) is 13.2. The summed E-state index contributed by atoms with van der Waals surface area (Å²) in [5.41, 5.74) is 0.957. The minimum Gasteiger partial charge on any atom is -0.478 e. The number of ketones is 1. The van der Waals surface area contributed by atoms with Crippen LogP contribution >= 0.6 is 12.4 Å². The molecule has 0 saturated heterocycles. The first kappa shape index (κ1) is 20.0. The lowest BCUT2D eigenvalue weighted by Crippen LogP contribution is -2.15. The molecule has 1 heterocycles. The largest absolute Gasteiger partial charge is 0.478 e. The van der Waals surface area contributed by atoms with Gasteiger partial charge in [-0.2, -0.15) is 0 Å². The average molecular weight is 367 g/mol. The van der Waals surface area contributed by atoms with E-state index in [4.69, 9.17) is 0 Å². The Balaban J connectivity index is 0.00000312. The number of Topliss-reactive ketones (excluding diaryl/α,β-unsaturated/α-hetero) is 1. The molecule has 8 nitrogen and oxygen atoms in total. The van der Waals surface area contributed by atoms with Crippen molar-refractivity contribution < 1.29 is 24.6 Å². The number of carboxylic acids is 1. The number of pyridine rings is 1. The van der Waals surface area contributed by atoms with E-state index >= 15 is 0 Å². The normalized spacial score (nSPS) is 9.80. The Bertz CT molecular complexity index is 795. The molecule has 1 N–H and O–H groups in total. The smallest absolute Gasteiger partial charge is 0.336 e. The number of hydrogen-bond donors (Lipinski definition) is 1. The molecule has 0 radical (unpaired) electrons. The Morgan fingerprint density at radius 1 is 1.20 bits per heavy atom. The summed E-state index contributed by atoms with van der Waals surface area (Å²) in [7, 11) is 0. The van der Waals surface area contributed by atoms with Gasteiger partial charge in [-0.15, -0.1) is 22.5 Å². The summed E-state index contributed by atoms with van der Waals surface area (Å²) in [6.45, 7) is 0.709. The zero-order chi connectivity index (χ0) is 17.7. The van der Waals surface area contributed by atoms with Gasteiger partial charge in [0.05, 0.1) is 5.56 Å². The van der Waals surface area contributed by atoms with Crippen molar-refractivity contribution in [1.29, 1.82) is 0 Å². The van der Waals surface area contributed by atoms with E-state index in [1.807, 2.05) is 0 Å². The number of halogens is 1. The molecule has 25 heavy (non-hydrogen) atoms. The topological polar surface area (TPSA) is 120 Å². The molecule has 0 aliphatic heterocycles. The highest BCUT2D eigenvalue weighted by atomic mass is 35.5. The predicted octanol–water partition coefficient (Wildman–Crippen LogP) is 2.70. The molecular weight excluding hydrogens is 352 g/mol. The second-order valence-electron chi connectivity index (χ2n) is 4.99. The monoisotopic (exact) mass is 366 g/mol. The van der Waals surface area contributed by atoms with Crippen LogP contribution in [0.15, 0.2) is 36.5 Å². The number of carbonyl (C=O) groups excluding carboxylic acids is 1. The Labute approximate surface area is 149 Å². The fraction of sp³-hybridized carbons (Fsp3) is 0.188. The van der Waals surface area contributed by atoms with E-state index in [0.29, 0.717) is 11.3 Å². The summed E-state index contributed by atoms with van der Waals surface area (Å²) in [6.07, 6.45) is 1.87. The summed E-state index contributed by atoms with van der Waals surface area (Å²) in [6, 6.07) is 8.27. The van der Waals surface area contributed by atoms with Gasteiger partial charge in [0.25, 0.3) is 5.09 Å². The first-order valence-electron chi connectivity index (χ1n) is 6.96. The van der Waals surface area contributed by atoms with E-state index in [1.54, 1.807) is 30.5 Å². The number of rotatable bonds is 7. The third kappa shape index (κ3) is 4.98. The maximum atomic E-state index is 12.0. The summed E-state index contributed by atoms with van der Waals surface area (Å²) < 4.78 is 0. The van der Waals surface area contributed by atoms with Gasteiger partial charge in [-0.05, 0) is 30.2 Å². The first-order valence-corrected chi connectivity index (χ1v) is 6.96. The molecule has 132 valence electrons. The number of carbonyl (C=O) groups is 2. The van der Waals surface area contributed by atoms with Crippen LogP contribution in [0.4, 0.5) is 0 Å². The van der Waals surface area contributed by atoms with Crippen molar-refractivity contribution in [2.45, 2.75) is 20.0 Å². The van der Waals surface area contributed by atoms with E-state index < -0.39 is 23.4 Å². The fourth-order valence-electron chi connectivity index (χ4n) is 2.42. The van der Waals surface area contributed by atoms with Crippen molar-refractivity contribution in [2.75, 3.05) is 0 Å². The molecule has 0 bridgehead atoms. The average Bonchev–Trinajstić information content (AvgIpc) is 2.53. The third-order valence-corrected chi connectivity index (χ3v) is 3.37. The van der Waals surface area contributed by atoms with Gasteiger partial charge in [-0.25, -0.2) is 4.79 Å². The summed E-state index contributed by atoms with van der Waals surface area (Å²) in [5, 5.41) is 18.8. The minimum absolute atomic E-state index is 0.